The molecular formula is C26H32N2O6S2. The van der Waals surface area contributed by atoms with Crippen LogP contribution in [0, 0.1) is 0 Å². The highest BCUT2D eigenvalue weighted by Gasteiger charge is 2.29. The van der Waals surface area contributed by atoms with Gasteiger partial charge in [0.2, 0.25) is 11.8 Å². The van der Waals surface area contributed by atoms with Crippen LogP contribution in [-0.2, 0) is 44.7 Å². The van der Waals surface area contributed by atoms with E-state index in [2.05, 4.69) is 10.6 Å². The number of thiophene rings is 2. The molecule has 36 heavy (non-hydrogen) atoms. The van der Waals surface area contributed by atoms with Crippen LogP contribution in [0.5, 0.6) is 0 Å². The van der Waals surface area contributed by atoms with E-state index in [0.29, 0.717) is 34.0 Å². The fraction of sp³-hybridized carbons (Fsp3) is 0.538. The Kier molecular flexibility index (Phi) is 8.79. The molecule has 0 atom stereocenters. The highest BCUT2D eigenvalue weighted by Crippen LogP contribution is 2.40. The molecule has 0 aliphatic heterocycles. The lowest BCUT2D eigenvalue weighted by Gasteiger charge is -2.09. The van der Waals surface area contributed by atoms with Gasteiger partial charge in [0, 0.05) is 22.6 Å². The molecule has 0 radical (unpaired) electrons. The highest BCUT2D eigenvalue weighted by molar-refractivity contribution is 7.17. The largest absolute Gasteiger partial charge is 0.462 e. The van der Waals surface area contributed by atoms with Gasteiger partial charge in [-0.2, -0.15) is 0 Å². The maximum Gasteiger partial charge on any atom is 0.341 e. The Labute approximate surface area is 218 Å². The molecule has 2 heterocycles. The summed E-state index contributed by atoms with van der Waals surface area (Å²) in [6.07, 6.45) is 7.09. The molecule has 2 amide bonds. The highest BCUT2D eigenvalue weighted by atomic mass is 32.1. The maximum absolute atomic E-state index is 12.6. The van der Waals surface area contributed by atoms with Gasteiger partial charge in [-0.25, -0.2) is 9.59 Å². The lowest BCUT2D eigenvalue weighted by molar-refractivity contribution is -0.118. The van der Waals surface area contributed by atoms with Crippen LogP contribution in [0.4, 0.5) is 10.0 Å². The Balaban J connectivity index is 1.27. The van der Waals surface area contributed by atoms with E-state index in [1.807, 2.05) is 0 Å². The summed E-state index contributed by atoms with van der Waals surface area (Å²) in [5, 5.41) is 6.91. The predicted octanol–water partition coefficient (Wildman–Crippen LogP) is 5.28. The van der Waals surface area contributed by atoms with Crippen molar-refractivity contribution < 1.29 is 28.7 Å². The lowest BCUT2D eigenvalue weighted by atomic mass is 10.1. The fourth-order valence-corrected chi connectivity index (χ4v) is 7.36. The topological polar surface area (TPSA) is 111 Å². The second-order valence-corrected chi connectivity index (χ2v) is 11.1. The summed E-state index contributed by atoms with van der Waals surface area (Å²) in [5.41, 5.74) is 3.02. The molecule has 2 aromatic heterocycles. The lowest BCUT2D eigenvalue weighted by Crippen LogP contribution is -2.16. The van der Waals surface area contributed by atoms with Crippen molar-refractivity contribution in [3.05, 3.63) is 32.0 Å². The number of hydrogen-bond donors (Lipinski definition) is 2. The van der Waals surface area contributed by atoms with Gasteiger partial charge in [-0.1, -0.05) is 0 Å². The molecule has 0 bridgehead atoms. The Morgan fingerprint density at radius 1 is 0.694 bits per heavy atom. The van der Waals surface area contributed by atoms with E-state index in [9.17, 15) is 19.2 Å². The molecule has 0 saturated heterocycles. The number of anilines is 2. The number of carbonyl (C=O) groups excluding carboxylic acids is 4. The zero-order chi connectivity index (χ0) is 25.7. The minimum atomic E-state index is -0.384. The maximum atomic E-state index is 12.6. The summed E-state index contributed by atoms with van der Waals surface area (Å²) >= 11 is 2.92. The molecule has 0 fully saturated rings. The van der Waals surface area contributed by atoms with Crippen LogP contribution in [0.25, 0.3) is 0 Å². The van der Waals surface area contributed by atoms with Crippen LogP contribution in [0.3, 0.4) is 0 Å². The van der Waals surface area contributed by atoms with Crippen molar-refractivity contribution in [2.45, 2.75) is 78.1 Å². The number of carbonyl (C=O) groups is 4. The Bertz CT molecular complexity index is 1080. The molecule has 0 unspecified atom stereocenters. The molecule has 0 saturated carbocycles. The van der Waals surface area contributed by atoms with Crippen LogP contribution in [-0.4, -0.2) is 37.0 Å². The Hall–Kier alpha value is -2.72. The van der Waals surface area contributed by atoms with Crippen LogP contribution in [0.1, 0.15) is 94.0 Å². The molecule has 2 N–H and O–H groups in total. The third-order valence-corrected chi connectivity index (χ3v) is 8.78. The number of fused-ring (bicyclic) bond motifs is 2. The second-order valence-electron chi connectivity index (χ2n) is 8.87. The van der Waals surface area contributed by atoms with E-state index in [1.165, 1.54) is 22.7 Å². The Morgan fingerprint density at radius 2 is 1.11 bits per heavy atom. The van der Waals surface area contributed by atoms with E-state index in [-0.39, 0.29) is 49.8 Å². The molecule has 2 aliphatic rings. The number of aryl methyl sites for hydroxylation is 2. The first kappa shape index (κ1) is 26.3. The van der Waals surface area contributed by atoms with Crippen molar-refractivity contribution in [1.29, 1.82) is 0 Å². The van der Waals surface area contributed by atoms with Crippen molar-refractivity contribution in [2.24, 2.45) is 0 Å². The minimum Gasteiger partial charge on any atom is -0.462 e. The summed E-state index contributed by atoms with van der Waals surface area (Å²) in [5.74, 6) is -1.13. The monoisotopic (exact) mass is 532 g/mol. The number of rotatable bonds is 11. The number of ether oxygens (including phenoxy) is 2. The van der Waals surface area contributed by atoms with E-state index in [1.54, 1.807) is 13.8 Å². The predicted molar refractivity (Wildman–Crippen MR) is 140 cm³/mol. The van der Waals surface area contributed by atoms with Crippen LogP contribution in [0.15, 0.2) is 0 Å². The third kappa shape index (κ3) is 5.81. The van der Waals surface area contributed by atoms with Gasteiger partial charge >= 0.3 is 11.9 Å². The van der Waals surface area contributed by atoms with Gasteiger partial charge in [0.25, 0.3) is 0 Å². The molecule has 10 heteroatoms. The Morgan fingerprint density at radius 3 is 1.50 bits per heavy atom. The molecule has 0 aromatic carbocycles. The smallest absolute Gasteiger partial charge is 0.341 e. The molecule has 2 aliphatic carbocycles. The number of nitrogens with one attached hydrogen (secondary N) is 2. The van der Waals surface area contributed by atoms with Gasteiger partial charge in [-0.15, -0.1) is 22.7 Å². The third-order valence-electron chi connectivity index (χ3n) is 6.37. The van der Waals surface area contributed by atoms with Crippen molar-refractivity contribution >= 4 is 56.4 Å². The number of amides is 2. The molecular weight excluding hydrogens is 500 g/mol. The van der Waals surface area contributed by atoms with Gasteiger partial charge in [0.1, 0.15) is 10.0 Å². The first-order valence-corrected chi connectivity index (χ1v) is 14.3. The minimum absolute atomic E-state index is 0.180. The van der Waals surface area contributed by atoms with Crippen molar-refractivity contribution in [2.75, 3.05) is 23.8 Å². The molecule has 8 nitrogen and oxygen atoms in total. The zero-order valence-electron chi connectivity index (χ0n) is 20.8. The summed E-state index contributed by atoms with van der Waals surface area (Å²) in [6, 6.07) is 0. The van der Waals surface area contributed by atoms with Crippen LogP contribution in [0.2, 0.25) is 0 Å². The fourth-order valence-electron chi connectivity index (χ4n) is 4.77. The normalized spacial score (nSPS) is 13.7. The molecule has 4 rings (SSSR count). The number of hydrogen-bond acceptors (Lipinski definition) is 8. The second kappa shape index (κ2) is 12.0. The SMILES string of the molecule is CCOC(=O)c1c(NC(=O)CCCCC(=O)Nc2sc3c(c2C(=O)OCC)CCC3)sc2c1CCC2. The van der Waals surface area contributed by atoms with E-state index in [4.69, 9.17) is 9.47 Å². The van der Waals surface area contributed by atoms with Crippen LogP contribution >= 0.6 is 22.7 Å². The summed E-state index contributed by atoms with van der Waals surface area (Å²) in [7, 11) is 0. The first-order valence-electron chi connectivity index (χ1n) is 12.7. The first-order chi connectivity index (χ1) is 17.4. The summed E-state index contributed by atoms with van der Waals surface area (Å²) < 4.78 is 10.4. The number of unbranched alkanes of at least 4 members (excludes halogenated alkanes) is 1. The summed E-state index contributed by atoms with van der Waals surface area (Å²) in [4.78, 5) is 52.3. The van der Waals surface area contributed by atoms with E-state index >= 15 is 0 Å². The van der Waals surface area contributed by atoms with Gasteiger partial charge in [0.15, 0.2) is 0 Å². The standard InChI is InChI=1S/C26H32N2O6S2/c1-3-33-25(31)21-15-9-7-11-17(15)35-23(21)27-19(29)13-5-6-14-20(30)28-24-22(26(32)34-4-2)16-10-8-12-18(16)36-24/h3-14H2,1-2H3,(H,27,29)(H,28,30). The van der Waals surface area contributed by atoms with Gasteiger partial charge in [-0.05, 0) is 76.3 Å². The van der Waals surface area contributed by atoms with E-state index in [0.717, 1.165) is 59.4 Å². The quantitative estimate of drug-likeness (QED) is 0.301. The van der Waals surface area contributed by atoms with E-state index < -0.39 is 0 Å². The average molecular weight is 533 g/mol. The van der Waals surface area contributed by atoms with Crippen molar-refractivity contribution in [1.82, 2.24) is 0 Å². The van der Waals surface area contributed by atoms with Crippen LogP contribution < -0.4 is 10.6 Å². The van der Waals surface area contributed by atoms with Gasteiger partial charge in [-0.3, -0.25) is 9.59 Å². The molecule has 194 valence electrons. The zero-order valence-corrected chi connectivity index (χ0v) is 22.4. The van der Waals surface area contributed by atoms with Gasteiger partial charge < -0.3 is 20.1 Å². The molecule has 0 spiro atoms. The average Bonchev–Trinajstić information content (AvgIpc) is 3.58. The van der Waals surface area contributed by atoms with Crippen molar-refractivity contribution in [3.8, 4) is 0 Å². The van der Waals surface area contributed by atoms with Gasteiger partial charge in [0.05, 0.1) is 24.3 Å². The van der Waals surface area contributed by atoms with Crippen molar-refractivity contribution in [3.63, 3.8) is 0 Å². The summed E-state index contributed by atoms with van der Waals surface area (Å²) in [6.45, 7) is 4.10. The molecule has 2 aromatic rings. The number of esters is 2.